The van der Waals surface area contributed by atoms with E-state index in [0.717, 1.165) is 18.7 Å². The first-order valence-electron chi connectivity index (χ1n) is 6.20. The first-order chi connectivity index (χ1) is 8.08. The Bertz CT molecular complexity index is 354. The first-order valence-corrected chi connectivity index (χ1v) is 6.20. The number of rotatable bonds is 6. The quantitative estimate of drug-likeness (QED) is 0.821. The minimum atomic E-state index is -0.110. The number of aryl methyl sites for hydroxylation is 1. The minimum absolute atomic E-state index is 0.110. The fourth-order valence-corrected chi connectivity index (χ4v) is 1.66. The lowest BCUT2D eigenvalue weighted by Crippen LogP contribution is -2.17. The lowest BCUT2D eigenvalue weighted by atomic mass is 10.1. The Morgan fingerprint density at radius 1 is 1.18 bits per heavy atom. The van der Waals surface area contributed by atoms with E-state index < -0.39 is 0 Å². The third kappa shape index (κ3) is 3.93. The van der Waals surface area contributed by atoms with Gasteiger partial charge in [0.15, 0.2) is 5.82 Å². The van der Waals surface area contributed by atoms with Crippen molar-refractivity contribution >= 4 is 5.95 Å². The van der Waals surface area contributed by atoms with Gasteiger partial charge in [-0.3, -0.25) is 0 Å². The summed E-state index contributed by atoms with van der Waals surface area (Å²) >= 11 is 0. The molecule has 0 amide bonds. The second-order valence-electron chi connectivity index (χ2n) is 4.34. The van der Waals surface area contributed by atoms with E-state index in [-0.39, 0.29) is 12.1 Å². The van der Waals surface area contributed by atoms with Crippen LogP contribution in [-0.4, -0.2) is 21.6 Å². The molecular weight excluding hydrogens is 216 g/mol. The fraction of sp³-hybridized carbons (Fsp3) is 0.750. The molecule has 1 unspecified atom stereocenters. The molecule has 96 valence electrons. The number of hydrogen-bond donors (Lipinski definition) is 1. The molecule has 1 heterocycles. The molecule has 5 nitrogen and oxygen atoms in total. The molecule has 0 aliphatic rings. The topological polar surface area (TPSA) is 73.9 Å². The second kappa shape index (κ2) is 6.49. The molecule has 0 aliphatic heterocycles. The first kappa shape index (κ1) is 13.8. The van der Waals surface area contributed by atoms with Crippen LogP contribution in [0.1, 0.15) is 51.9 Å². The maximum atomic E-state index is 5.71. The molecule has 1 rings (SSSR count). The Balaban J connectivity index is 3.00. The predicted molar refractivity (Wildman–Crippen MR) is 67.4 cm³/mol. The molecule has 1 atom stereocenters. The lowest BCUT2D eigenvalue weighted by molar-refractivity contribution is 0.0230. The van der Waals surface area contributed by atoms with Crippen molar-refractivity contribution in [2.24, 2.45) is 5.92 Å². The van der Waals surface area contributed by atoms with Gasteiger partial charge in [0.05, 0.1) is 0 Å². The smallest absolute Gasteiger partial charge is 0.223 e. The van der Waals surface area contributed by atoms with Crippen molar-refractivity contribution < 1.29 is 4.74 Å². The summed E-state index contributed by atoms with van der Waals surface area (Å²) in [4.78, 5) is 12.7. The highest BCUT2D eigenvalue weighted by molar-refractivity contribution is 5.17. The summed E-state index contributed by atoms with van der Waals surface area (Å²) in [6.07, 6.45) is 1.70. The van der Waals surface area contributed by atoms with E-state index in [1.807, 2.05) is 6.92 Å². The Labute approximate surface area is 103 Å². The van der Waals surface area contributed by atoms with E-state index >= 15 is 0 Å². The van der Waals surface area contributed by atoms with Gasteiger partial charge in [-0.1, -0.05) is 20.8 Å². The highest BCUT2D eigenvalue weighted by atomic mass is 16.5. The van der Waals surface area contributed by atoms with Gasteiger partial charge >= 0.3 is 0 Å². The van der Waals surface area contributed by atoms with Crippen LogP contribution >= 0.6 is 0 Å². The molecule has 2 N–H and O–H groups in total. The van der Waals surface area contributed by atoms with Crippen molar-refractivity contribution in [3.8, 4) is 0 Å². The Hall–Kier alpha value is -1.23. The number of anilines is 1. The van der Waals surface area contributed by atoms with E-state index in [2.05, 4.69) is 35.7 Å². The van der Waals surface area contributed by atoms with E-state index in [0.29, 0.717) is 18.3 Å². The average Bonchev–Trinajstić information content (AvgIpc) is 2.25. The van der Waals surface area contributed by atoms with Crippen LogP contribution in [0.2, 0.25) is 0 Å². The van der Waals surface area contributed by atoms with Gasteiger partial charge in [-0.05, 0) is 19.3 Å². The molecule has 0 radical (unpaired) electrons. The molecule has 5 heteroatoms. The molecule has 0 aliphatic carbocycles. The number of ether oxygens (including phenoxy) is 1. The van der Waals surface area contributed by atoms with Crippen LogP contribution in [0, 0.1) is 5.92 Å². The maximum absolute atomic E-state index is 5.71. The van der Waals surface area contributed by atoms with E-state index in [4.69, 9.17) is 10.5 Å². The zero-order valence-corrected chi connectivity index (χ0v) is 11.1. The summed E-state index contributed by atoms with van der Waals surface area (Å²) < 4.78 is 5.67. The van der Waals surface area contributed by atoms with Crippen LogP contribution < -0.4 is 5.73 Å². The van der Waals surface area contributed by atoms with Gasteiger partial charge in [0, 0.05) is 13.0 Å². The average molecular weight is 238 g/mol. The lowest BCUT2D eigenvalue weighted by Gasteiger charge is -2.19. The highest BCUT2D eigenvalue weighted by Gasteiger charge is 2.20. The Morgan fingerprint density at radius 2 is 1.88 bits per heavy atom. The van der Waals surface area contributed by atoms with Crippen LogP contribution in [-0.2, 0) is 11.2 Å². The summed E-state index contributed by atoms with van der Waals surface area (Å²) in [6, 6.07) is 0. The molecule has 0 aromatic carbocycles. The molecule has 0 saturated heterocycles. The molecule has 17 heavy (non-hydrogen) atoms. The van der Waals surface area contributed by atoms with E-state index in [1.54, 1.807) is 0 Å². The van der Waals surface area contributed by atoms with Crippen LogP contribution in [0.4, 0.5) is 5.95 Å². The second-order valence-corrected chi connectivity index (χ2v) is 4.34. The summed E-state index contributed by atoms with van der Waals surface area (Å²) in [6.45, 7) is 8.85. The van der Waals surface area contributed by atoms with Crippen LogP contribution in [0.5, 0.6) is 0 Å². The van der Waals surface area contributed by atoms with Gasteiger partial charge < -0.3 is 10.5 Å². The van der Waals surface area contributed by atoms with Crippen molar-refractivity contribution in [1.82, 2.24) is 15.0 Å². The molecule has 1 aromatic rings. The highest BCUT2D eigenvalue weighted by Crippen LogP contribution is 2.23. The van der Waals surface area contributed by atoms with Crippen molar-refractivity contribution in [3.05, 3.63) is 11.6 Å². The van der Waals surface area contributed by atoms with E-state index in [9.17, 15) is 0 Å². The third-order valence-corrected chi connectivity index (χ3v) is 2.40. The largest absolute Gasteiger partial charge is 0.370 e. The summed E-state index contributed by atoms with van der Waals surface area (Å²) in [5.41, 5.74) is 5.71. The molecule has 0 saturated carbocycles. The normalized spacial score (nSPS) is 13.0. The summed E-state index contributed by atoms with van der Waals surface area (Å²) in [5, 5.41) is 0. The van der Waals surface area contributed by atoms with Crippen molar-refractivity contribution in [2.45, 2.75) is 46.6 Å². The number of hydrogen-bond acceptors (Lipinski definition) is 5. The molecule has 0 spiro atoms. The van der Waals surface area contributed by atoms with Crippen LogP contribution in [0.15, 0.2) is 0 Å². The van der Waals surface area contributed by atoms with Gasteiger partial charge in [-0.2, -0.15) is 9.97 Å². The monoisotopic (exact) mass is 238 g/mol. The van der Waals surface area contributed by atoms with Gasteiger partial charge in [0.25, 0.3) is 0 Å². The number of nitrogens with zero attached hydrogens (tertiary/aromatic N) is 3. The van der Waals surface area contributed by atoms with Gasteiger partial charge in [-0.15, -0.1) is 0 Å². The standard InChI is InChI=1S/C12H22N4O/c1-5-7-9-14-11(16-12(13)15-9)10(8(3)4)17-6-2/h8,10H,5-7H2,1-4H3,(H2,13,14,15,16). The van der Waals surface area contributed by atoms with Crippen LogP contribution in [0.25, 0.3) is 0 Å². The molecular formula is C12H22N4O. The third-order valence-electron chi connectivity index (χ3n) is 2.40. The van der Waals surface area contributed by atoms with Crippen LogP contribution in [0.3, 0.4) is 0 Å². The maximum Gasteiger partial charge on any atom is 0.223 e. The Kier molecular flexibility index (Phi) is 5.28. The van der Waals surface area contributed by atoms with Crippen molar-refractivity contribution in [1.29, 1.82) is 0 Å². The zero-order chi connectivity index (χ0) is 12.8. The molecule has 1 aromatic heterocycles. The summed E-state index contributed by atoms with van der Waals surface area (Å²) in [5.74, 6) is 1.99. The number of nitrogen functional groups attached to an aromatic ring is 1. The SMILES string of the molecule is CCCc1nc(N)nc(C(OCC)C(C)C)n1. The Morgan fingerprint density at radius 3 is 2.41 bits per heavy atom. The summed E-state index contributed by atoms with van der Waals surface area (Å²) in [7, 11) is 0. The minimum Gasteiger partial charge on any atom is -0.370 e. The van der Waals surface area contributed by atoms with Crippen molar-refractivity contribution in [3.63, 3.8) is 0 Å². The van der Waals surface area contributed by atoms with Gasteiger partial charge in [0.1, 0.15) is 11.9 Å². The fourth-order valence-electron chi connectivity index (χ4n) is 1.66. The van der Waals surface area contributed by atoms with Gasteiger partial charge in [0.2, 0.25) is 5.95 Å². The number of nitrogens with two attached hydrogens (primary N) is 1. The van der Waals surface area contributed by atoms with E-state index in [1.165, 1.54) is 0 Å². The van der Waals surface area contributed by atoms with Crippen molar-refractivity contribution in [2.75, 3.05) is 12.3 Å². The zero-order valence-electron chi connectivity index (χ0n) is 11.1. The van der Waals surface area contributed by atoms with Gasteiger partial charge in [-0.25, -0.2) is 4.98 Å². The molecule has 0 fully saturated rings. The molecule has 0 bridgehead atoms. The predicted octanol–water partition coefficient (Wildman–Crippen LogP) is 2.14. The number of aromatic nitrogens is 3.